The summed E-state index contributed by atoms with van der Waals surface area (Å²) in [6, 6.07) is 15.0. The second-order valence-corrected chi connectivity index (χ2v) is 8.02. The van der Waals surface area contributed by atoms with E-state index in [1.807, 2.05) is 30.3 Å². The number of carbonyl (C=O) groups excluding carboxylic acids is 2. The van der Waals surface area contributed by atoms with Crippen molar-refractivity contribution in [1.29, 1.82) is 0 Å². The van der Waals surface area contributed by atoms with Gasteiger partial charge >= 0.3 is 0 Å². The number of hydrogen-bond acceptors (Lipinski definition) is 3. The molecule has 6 nitrogen and oxygen atoms in total. The zero-order chi connectivity index (χ0) is 21.4. The number of piperazine rings is 1. The van der Waals surface area contributed by atoms with Crippen molar-refractivity contribution in [1.82, 2.24) is 14.8 Å². The van der Waals surface area contributed by atoms with Crippen LogP contribution in [0.5, 0.6) is 0 Å². The quantitative estimate of drug-likeness (QED) is 0.306. The number of nitrogens with zero attached hydrogens (tertiary/aromatic N) is 3. The molecule has 5 rings (SSSR count). The molecule has 2 heterocycles. The Morgan fingerprint density at radius 1 is 0.935 bits per heavy atom. The van der Waals surface area contributed by atoms with Gasteiger partial charge in [-0.15, -0.1) is 0 Å². The highest BCUT2D eigenvalue weighted by molar-refractivity contribution is 6.44. The molecule has 158 valence electrons. The number of benzene rings is 2. The van der Waals surface area contributed by atoms with Crippen LogP contribution in [0.4, 0.5) is 4.39 Å². The number of ketones is 1. The number of nitrogens with one attached hydrogen (secondary N) is 1. The van der Waals surface area contributed by atoms with Crippen molar-refractivity contribution >= 4 is 28.4 Å². The van der Waals surface area contributed by atoms with Gasteiger partial charge in [0.2, 0.25) is 0 Å². The number of aliphatic imine (C=N–C) groups is 1. The monoisotopic (exact) mass is 418 g/mol. The van der Waals surface area contributed by atoms with E-state index in [0.717, 1.165) is 24.2 Å². The summed E-state index contributed by atoms with van der Waals surface area (Å²) >= 11 is 0. The Morgan fingerprint density at radius 3 is 2.35 bits per heavy atom. The number of fused-ring (bicyclic) bond motifs is 1. The molecule has 0 bridgehead atoms. The summed E-state index contributed by atoms with van der Waals surface area (Å²) in [6.07, 6.45) is 3.65. The molecular formula is C24H23FN4O2. The summed E-state index contributed by atoms with van der Waals surface area (Å²) in [7, 11) is 0. The minimum absolute atomic E-state index is 0.0841. The number of hydrogen-bond donors (Lipinski definition) is 1. The maximum atomic E-state index is 14.2. The van der Waals surface area contributed by atoms with E-state index in [9.17, 15) is 14.0 Å². The van der Waals surface area contributed by atoms with Gasteiger partial charge in [-0.1, -0.05) is 36.4 Å². The summed E-state index contributed by atoms with van der Waals surface area (Å²) < 4.78 is 14.2. The van der Waals surface area contributed by atoms with E-state index in [4.69, 9.17) is 4.99 Å². The molecule has 1 amide bonds. The summed E-state index contributed by atoms with van der Waals surface area (Å²) in [6.45, 7) is 2.04. The van der Waals surface area contributed by atoms with Gasteiger partial charge in [-0.25, -0.2) is 4.39 Å². The van der Waals surface area contributed by atoms with Gasteiger partial charge in [0.05, 0.1) is 11.6 Å². The van der Waals surface area contributed by atoms with E-state index in [1.54, 1.807) is 17.0 Å². The summed E-state index contributed by atoms with van der Waals surface area (Å²) in [5.74, 6) is -0.826. The van der Waals surface area contributed by atoms with E-state index >= 15 is 0 Å². The summed E-state index contributed by atoms with van der Waals surface area (Å²) in [5, 5.41) is 0.169. The lowest BCUT2D eigenvalue weighted by molar-refractivity contribution is -0.127. The van der Waals surface area contributed by atoms with Crippen LogP contribution < -0.4 is 0 Å². The van der Waals surface area contributed by atoms with Gasteiger partial charge in [-0.05, 0) is 25.0 Å². The molecule has 0 spiro atoms. The molecule has 0 unspecified atom stereocenters. The average Bonchev–Trinajstić information content (AvgIpc) is 3.53. The topological polar surface area (TPSA) is 68.8 Å². The van der Waals surface area contributed by atoms with Gasteiger partial charge in [0.15, 0.2) is 0 Å². The maximum absolute atomic E-state index is 14.2. The van der Waals surface area contributed by atoms with Gasteiger partial charge < -0.3 is 14.8 Å². The minimum atomic E-state index is -0.681. The van der Waals surface area contributed by atoms with Gasteiger partial charge in [-0.2, -0.15) is 0 Å². The second kappa shape index (κ2) is 7.98. The number of rotatable bonds is 4. The smallest absolute Gasteiger partial charge is 0.295 e. The number of aromatic amines is 1. The van der Waals surface area contributed by atoms with E-state index < -0.39 is 17.5 Å². The molecule has 0 atom stereocenters. The number of halogens is 1. The highest BCUT2D eigenvalue weighted by Crippen LogP contribution is 2.26. The van der Waals surface area contributed by atoms with Crippen LogP contribution in [0.3, 0.4) is 0 Å². The Labute approximate surface area is 179 Å². The number of amidine groups is 1. The van der Waals surface area contributed by atoms with Crippen LogP contribution in [0.2, 0.25) is 0 Å². The Balaban J connectivity index is 1.30. The number of carbonyl (C=O) groups is 2. The number of aromatic nitrogens is 1. The molecule has 3 aromatic rings. The third-order valence-electron chi connectivity index (χ3n) is 5.84. The van der Waals surface area contributed by atoms with E-state index in [1.165, 1.54) is 12.3 Å². The van der Waals surface area contributed by atoms with Crippen LogP contribution in [0.15, 0.2) is 59.7 Å². The zero-order valence-corrected chi connectivity index (χ0v) is 17.1. The molecule has 1 aromatic heterocycles. The normalized spacial score (nSPS) is 17.3. The molecule has 2 fully saturated rings. The van der Waals surface area contributed by atoms with Crippen molar-refractivity contribution in [2.75, 3.05) is 26.2 Å². The van der Waals surface area contributed by atoms with Crippen molar-refractivity contribution in [3.8, 4) is 0 Å². The molecule has 1 aliphatic heterocycles. The number of amides is 1. The average molecular weight is 418 g/mol. The maximum Gasteiger partial charge on any atom is 0.295 e. The van der Waals surface area contributed by atoms with Crippen LogP contribution in [0, 0.1) is 5.82 Å². The Kier molecular flexibility index (Phi) is 5.02. The molecule has 1 aliphatic carbocycles. The molecule has 1 N–H and O–H groups in total. The van der Waals surface area contributed by atoms with Gasteiger partial charge in [-0.3, -0.25) is 14.6 Å². The van der Waals surface area contributed by atoms with Gasteiger partial charge in [0.25, 0.3) is 11.7 Å². The predicted molar refractivity (Wildman–Crippen MR) is 117 cm³/mol. The first kappa shape index (κ1) is 19.5. The van der Waals surface area contributed by atoms with Crippen LogP contribution >= 0.6 is 0 Å². The van der Waals surface area contributed by atoms with Crippen molar-refractivity contribution in [3.63, 3.8) is 0 Å². The fraction of sp³-hybridized carbons (Fsp3) is 0.292. The number of Topliss-reactive ketones (excluding diaryl/α,β-unsaturated/α-hetero) is 1. The molecule has 2 aromatic carbocycles. The molecular weight excluding hydrogens is 395 g/mol. The lowest BCUT2D eigenvalue weighted by atomic mass is 10.1. The van der Waals surface area contributed by atoms with Crippen molar-refractivity contribution in [2.24, 2.45) is 4.99 Å². The molecule has 7 heteroatoms. The SMILES string of the molecule is O=C(C(=O)N1CCN(C(=NC2CC2)c2ccccc2)CC1)c1c[nH]c2cccc(F)c12. The molecule has 31 heavy (non-hydrogen) atoms. The molecule has 2 aliphatic rings. The third-order valence-corrected chi connectivity index (χ3v) is 5.84. The van der Waals surface area contributed by atoms with E-state index in [0.29, 0.717) is 37.7 Å². The Bertz CT molecular complexity index is 1160. The van der Waals surface area contributed by atoms with Crippen LogP contribution in [-0.2, 0) is 4.79 Å². The summed E-state index contributed by atoms with van der Waals surface area (Å²) in [4.78, 5) is 37.2. The van der Waals surface area contributed by atoms with Crippen LogP contribution in [0.25, 0.3) is 10.9 Å². The number of H-pyrrole nitrogens is 1. The highest BCUT2D eigenvalue weighted by atomic mass is 19.1. The first-order valence-corrected chi connectivity index (χ1v) is 10.6. The summed E-state index contributed by atoms with van der Waals surface area (Å²) in [5.41, 5.74) is 1.66. The fourth-order valence-electron chi connectivity index (χ4n) is 4.00. The molecule has 1 saturated carbocycles. The van der Waals surface area contributed by atoms with E-state index in [2.05, 4.69) is 9.88 Å². The van der Waals surface area contributed by atoms with Crippen molar-refractivity contribution < 1.29 is 14.0 Å². The second-order valence-electron chi connectivity index (χ2n) is 8.02. The lowest BCUT2D eigenvalue weighted by Gasteiger charge is -2.36. The zero-order valence-electron chi connectivity index (χ0n) is 17.1. The van der Waals surface area contributed by atoms with Crippen LogP contribution in [0.1, 0.15) is 28.8 Å². The minimum Gasteiger partial charge on any atom is -0.360 e. The van der Waals surface area contributed by atoms with Crippen molar-refractivity contribution in [3.05, 3.63) is 71.7 Å². The fourth-order valence-corrected chi connectivity index (χ4v) is 4.00. The van der Waals surface area contributed by atoms with Crippen molar-refractivity contribution in [2.45, 2.75) is 18.9 Å². The Morgan fingerprint density at radius 2 is 1.65 bits per heavy atom. The first-order chi connectivity index (χ1) is 15.1. The van der Waals surface area contributed by atoms with E-state index in [-0.39, 0.29) is 10.9 Å². The molecule has 0 radical (unpaired) electrons. The van der Waals surface area contributed by atoms with Crippen LogP contribution in [-0.4, -0.2) is 64.5 Å². The standard InChI is InChI=1S/C24H23FN4O2/c25-19-7-4-8-20-21(19)18(15-26-20)22(30)24(31)29-13-11-28(12-14-29)23(27-17-9-10-17)16-5-2-1-3-6-16/h1-8,15,17,26H,9-14H2. The highest BCUT2D eigenvalue weighted by Gasteiger charge is 2.31. The lowest BCUT2D eigenvalue weighted by Crippen LogP contribution is -2.52. The van der Waals surface area contributed by atoms with Gasteiger partial charge in [0, 0.05) is 48.8 Å². The Hall–Kier alpha value is -3.48. The molecule has 1 saturated heterocycles. The third kappa shape index (κ3) is 3.83. The van der Waals surface area contributed by atoms with Gasteiger partial charge in [0.1, 0.15) is 11.7 Å². The first-order valence-electron chi connectivity index (χ1n) is 10.6. The predicted octanol–water partition coefficient (Wildman–Crippen LogP) is 3.24. The largest absolute Gasteiger partial charge is 0.360 e.